The number of nitro benzene ring substituents is 1. The molecule has 0 radical (unpaired) electrons. The van der Waals surface area contributed by atoms with Crippen molar-refractivity contribution in [1.29, 1.82) is 0 Å². The Labute approximate surface area is 174 Å². The van der Waals surface area contributed by atoms with E-state index in [1.165, 1.54) is 14.2 Å². The summed E-state index contributed by atoms with van der Waals surface area (Å²) in [5.74, 6) is -1.32. The first-order chi connectivity index (χ1) is 14.2. The minimum absolute atomic E-state index is 0.0979. The van der Waals surface area contributed by atoms with Crippen molar-refractivity contribution in [1.82, 2.24) is 5.32 Å². The number of rotatable bonds is 8. The molecule has 0 bridgehead atoms. The third-order valence-electron chi connectivity index (χ3n) is 4.66. The van der Waals surface area contributed by atoms with E-state index in [4.69, 9.17) is 14.2 Å². The molecule has 2 aromatic rings. The lowest BCUT2D eigenvalue weighted by Crippen LogP contribution is -2.31. The summed E-state index contributed by atoms with van der Waals surface area (Å²) in [5, 5.41) is 14.0. The predicted octanol–water partition coefficient (Wildman–Crippen LogP) is 3.26. The summed E-state index contributed by atoms with van der Waals surface area (Å²) in [7, 11) is 2.65. The van der Waals surface area contributed by atoms with Crippen molar-refractivity contribution >= 4 is 17.6 Å². The SMILES string of the molecule is COc1cc(C(=O)OCC(=O)N[C@@H](C)c2ccc(C)c(C)c2)c([N+](=O)[O-])cc1OC. The average molecular weight is 416 g/mol. The van der Waals surface area contributed by atoms with Gasteiger partial charge in [-0.25, -0.2) is 4.79 Å². The maximum absolute atomic E-state index is 12.4. The van der Waals surface area contributed by atoms with Crippen LogP contribution in [0.5, 0.6) is 11.5 Å². The van der Waals surface area contributed by atoms with E-state index in [1.54, 1.807) is 0 Å². The van der Waals surface area contributed by atoms with E-state index in [0.717, 1.165) is 28.8 Å². The number of nitrogens with zero attached hydrogens (tertiary/aromatic N) is 1. The van der Waals surface area contributed by atoms with Gasteiger partial charge in [-0.3, -0.25) is 14.9 Å². The topological polar surface area (TPSA) is 117 Å². The lowest BCUT2D eigenvalue weighted by molar-refractivity contribution is -0.385. The quantitative estimate of drug-likeness (QED) is 0.399. The Kier molecular flexibility index (Phi) is 7.35. The molecule has 0 aliphatic carbocycles. The maximum atomic E-state index is 12.4. The van der Waals surface area contributed by atoms with E-state index in [9.17, 15) is 19.7 Å². The number of benzene rings is 2. The highest BCUT2D eigenvalue weighted by Gasteiger charge is 2.26. The van der Waals surface area contributed by atoms with Crippen molar-refractivity contribution in [3.8, 4) is 11.5 Å². The van der Waals surface area contributed by atoms with Crippen molar-refractivity contribution in [2.45, 2.75) is 26.8 Å². The first kappa shape index (κ1) is 22.7. The third kappa shape index (κ3) is 5.25. The molecule has 9 heteroatoms. The number of amides is 1. The van der Waals surface area contributed by atoms with Gasteiger partial charge in [0.2, 0.25) is 0 Å². The summed E-state index contributed by atoms with van der Waals surface area (Å²) >= 11 is 0. The molecule has 0 saturated carbocycles. The molecule has 0 fully saturated rings. The summed E-state index contributed by atoms with van der Waals surface area (Å²) in [6.45, 7) is 5.20. The molecular formula is C21H24N2O7. The summed E-state index contributed by atoms with van der Waals surface area (Å²) < 4.78 is 15.1. The molecule has 0 saturated heterocycles. The number of esters is 1. The Morgan fingerprint density at radius 3 is 2.27 bits per heavy atom. The van der Waals surface area contributed by atoms with Crippen molar-refractivity contribution in [3.05, 3.63) is 62.7 Å². The number of nitrogens with one attached hydrogen (secondary N) is 1. The van der Waals surface area contributed by atoms with E-state index in [1.807, 2.05) is 39.0 Å². The molecule has 2 rings (SSSR count). The second kappa shape index (κ2) is 9.73. The largest absolute Gasteiger partial charge is 0.493 e. The molecule has 1 atom stereocenters. The number of hydrogen-bond acceptors (Lipinski definition) is 7. The van der Waals surface area contributed by atoms with Gasteiger partial charge in [0.25, 0.3) is 11.6 Å². The van der Waals surface area contributed by atoms with Gasteiger partial charge in [-0.1, -0.05) is 18.2 Å². The normalized spacial score (nSPS) is 11.4. The molecule has 30 heavy (non-hydrogen) atoms. The second-order valence-corrected chi connectivity index (χ2v) is 6.69. The number of carbonyl (C=O) groups excluding carboxylic acids is 2. The van der Waals surface area contributed by atoms with Crippen molar-refractivity contribution in [2.24, 2.45) is 0 Å². The van der Waals surface area contributed by atoms with Gasteiger partial charge < -0.3 is 19.5 Å². The van der Waals surface area contributed by atoms with Crippen LogP contribution in [0, 0.1) is 24.0 Å². The molecule has 0 spiro atoms. The number of carbonyl (C=O) groups is 2. The van der Waals surface area contributed by atoms with Gasteiger partial charge in [0.1, 0.15) is 5.56 Å². The fourth-order valence-electron chi connectivity index (χ4n) is 2.79. The number of ether oxygens (including phenoxy) is 3. The van der Waals surface area contributed by atoms with E-state index in [-0.39, 0.29) is 23.1 Å². The summed E-state index contributed by atoms with van der Waals surface area (Å²) in [5.41, 5.74) is 2.30. The molecule has 0 aromatic heterocycles. The number of aryl methyl sites for hydroxylation is 2. The van der Waals surface area contributed by atoms with E-state index >= 15 is 0 Å². The zero-order chi connectivity index (χ0) is 22.4. The lowest BCUT2D eigenvalue weighted by atomic mass is 10.0. The Hall–Kier alpha value is -3.62. The fraction of sp³-hybridized carbons (Fsp3) is 0.333. The van der Waals surface area contributed by atoms with Crippen LogP contribution in [0.3, 0.4) is 0 Å². The van der Waals surface area contributed by atoms with Crippen LogP contribution in [0.4, 0.5) is 5.69 Å². The van der Waals surface area contributed by atoms with Crippen LogP contribution in [-0.2, 0) is 9.53 Å². The summed E-state index contributed by atoms with van der Waals surface area (Å²) in [6, 6.07) is 7.76. The minimum atomic E-state index is -1.02. The van der Waals surface area contributed by atoms with Gasteiger partial charge in [0.05, 0.1) is 31.3 Å². The standard InChI is InChI=1S/C21H24N2O7/c1-12-6-7-15(8-13(12)2)14(3)22-20(24)11-30-21(25)16-9-18(28-4)19(29-5)10-17(16)23(26)27/h6-10,14H,11H2,1-5H3,(H,22,24)/t14-/m0/s1. The van der Waals surface area contributed by atoms with Gasteiger partial charge in [-0.2, -0.15) is 0 Å². The summed E-state index contributed by atoms with van der Waals surface area (Å²) in [6.07, 6.45) is 0. The first-order valence-electron chi connectivity index (χ1n) is 9.12. The van der Waals surface area contributed by atoms with Crippen LogP contribution >= 0.6 is 0 Å². The Morgan fingerprint density at radius 1 is 1.07 bits per heavy atom. The van der Waals surface area contributed by atoms with Crippen molar-refractivity contribution < 1.29 is 28.7 Å². The highest BCUT2D eigenvalue weighted by molar-refractivity contribution is 5.96. The molecule has 1 amide bonds. The smallest absolute Gasteiger partial charge is 0.345 e. The number of nitro groups is 1. The monoisotopic (exact) mass is 416 g/mol. The van der Waals surface area contributed by atoms with Gasteiger partial charge in [0, 0.05) is 6.07 Å². The first-order valence-corrected chi connectivity index (χ1v) is 9.12. The summed E-state index contributed by atoms with van der Waals surface area (Å²) in [4.78, 5) is 35.1. The zero-order valence-corrected chi connectivity index (χ0v) is 17.5. The van der Waals surface area contributed by atoms with Crippen molar-refractivity contribution in [3.63, 3.8) is 0 Å². The molecule has 0 unspecified atom stereocenters. The number of methoxy groups -OCH3 is 2. The van der Waals surface area contributed by atoms with Crippen LogP contribution in [0.25, 0.3) is 0 Å². The highest BCUT2D eigenvalue weighted by Crippen LogP contribution is 2.34. The third-order valence-corrected chi connectivity index (χ3v) is 4.66. The van der Waals surface area contributed by atoms with Crippen LogP contribution < -0.4 is 14.8 Å². The Bertz CT molecular complexity index is 972. The maximum Gasteiger partial charge on any atom is 0.345 e. The van der Waals surface area contributed by atoms with Gasteiger partial charge >= 0.3 is 5.97 Å². The van der Waals surface area contributed by atoms with Crippen LogP contribution in [0.15, 0.2) is 30.3 Å². The van der Waals surface area contributed by atoms with Crippen molar-refractivity contribution in [2.75, 3.05) is 20.8 Å². The van der Waals surface area contributed by atoms with E-state index < -0.39 is 29.1 Å². The molecule has 9 nitrogen and oxygen atoms in total. The Balaban J connectivity index is 2.08. The molecule has 0 aliphatic heterocycles. The van der Waals surface area contributed by atoms with Crippen LogP contribution in [-0.4, -0.2) is 37.6 Å². The van der Waals surface area contributed by atoms with Gasteiger partial charge in [-0.15, -0.1) is 0 Å². The molecule has 0 aliphatic rings. The average Bonchev–Trinajstić information content (AvgIpc) is 2.72. The van der Waals surface area contributed by atoms with Gasteiger partial charge in [-0.05, 0) is 37.5 Å². The lowest BCUT2D eigenvalue weighted by Gasteiger charge is -2.16. The second-order valence-electron chi connectivity index (χ2n) is 6.69. The molecule has 1 N–H and O–H groups in total. The molecular weight excluding hydrogens is 392 g/mol. The van der Waals surface area contributed by atoms with Crippen LogP contribution in [0.1, 0.15) is 40.0 Å². The fourth-order valence-corrected chi connectivity index (χ4v) is 2.79. The molecule has 2 aromatic carbocycles. The zero-order valence-electron chi connectivity index (χ0n) is 17.5. The van der Waals surface area contributed by atoms with Crippen LogP contribution in [0.2, 0.25) is 0 Å². The number of hydrogen-bond donors (Lipinski definition) is 1. The van der Waals surface area contributed by atoms with E-state index in [0.29, 0.717) is 0 Å². The van der Waals surface area contributed by atoms with E-state index in [2.05, 4.69) is 5.32 Å². The highest BCUT2D eigenvalue weighted by atomic mass is 16.6. The van der Waals surface area contributed by atoms with Gasteiger partial charge in [0.15, 0.2) is 18.1 Å². The minimum Gasteiger partial charge on any atom is -0.493 e. The molecule has 0 heterocycles. The molecule has 160 valence electrons. The Morgan fingerprint density at radius 2 is 1.70 bits per heavy atom. The predicted molar refractivity (Wildman–Crippen MR) is 109 cm³/mol.